The molecule has 9 heteroatoms. The molecular weight excluding hydrogens is 321 g/mol. The molecule has 0 radical (unpaired) electrons. The average Bonchev–Trinajstić information content (AvgIpc) is 2.95. The van der Waals surface area contributed by atoms with Crippen molar-refractivity contribution in [2.45, 2.75) is 30.0 Å². The van der Waals surface area contributed by atoms with Gasteiger partial charge in [0, 0.05) is 6.54 Å². The summed E-state index contributed by atoms with van der Waals surface area (Å²) in [4.78, 5) is 11.9. The van der Waals surface area contributed by atoms with Gasteiger partial charge in [0.05, 0.1) is 4.90 Å². The van der Waals surface area contributed by atoms with Crippen molar-refractivity contribution in [3.05, 3.63) is 30.3 Å². The van der Waals surface area contributed by atoms with Crippen molar-refractivity contribution in [1.29, 1.82) is 0 Å². The Labute approximate surface area is 126 Å². The first-order valence-corrected chi connectivity index (χ1v) is 8.07. The highest BCUT2D eigenvalue weighted by Gasteiger charge is 2.40. The van der Waals surface area contributed by atoms with E-state index in [1.807, 2.05) is 0 Å². The number of hydrogen-bond donors (Lipinski definition) is 1. The molecule has 1 fully saturated rings. The lowest BCUT2D eigenvalue weighted by Gasteiger charge is -2.23. The largest absolute Gasteiger partial charge is 0.405 e. The van der Waals surface area contributed by atoms with Gasteiger partial charge in [-0.25, -0.2) is 8.42 Å². The molecule has 1 amide bonds. The highest BCUT2D eigenvalue weighted by atomic mass is 32.2. The highest BCUT2D eigenvalue weighted by molar-refractivity contribution is 7.89. The molecular formula is C13H15F3N2O3S. The number of nitrogens with one attached hydrogen (secondary N) is 1. The molecule has 0 unspecified atom stereocenters. The first-order valence-electron chi connectivity index (χ1n) is 6.63. The molecule has 0 bridgehead atoms. The van der Waals surface area contributed by atoms with Gasteiger partial charge in [0.1, 0.15) is 12.6 Å². The fraction of sp³-hybridized carbons (Fsp3) is 0.462. The van der Waals surface area contributed by atoms with Crippen molar-refractivity contribution < 1.29 is 26.4 Å². The first-order chi connectivity index (χ1) is 10.2. The van der Waals surface area contributed by atoms with Crippen LogP contribution in [0.5, 0.6) is 0 Å². The van der Waals surface area contributed by atoms with Crippen LogP contribution in [0.3, 0.4) is 0 Å². The molecule has 1 N–H and O–H groups in total. The molecule has 1 aromatic carbocycles. The number of sulfonamides is 1. The van der Waals surface area contributed by atoms with Crippen molar-refractivity contribution in [2.75, 3.05) is 13.1 Å². The van der Waals surface area contributed by atoms with Gasteiger partial charge in [-0.3, -0.25) is 4.79 Å². The number of rotatable bonds is 4. The van der Waals surface area contributed by atoms with Gasteiger partial charge < -0.3 is 5.32 Å². The number of hydrogen-bond acceptors (Lipinski definition) is 3. The van der Waals surface area contributed by atoms with Gasteiger partial charge in [-0.15, -0.1) is 0 Å². The van der Waals surface area contributed by atoms with Crippen molar-refractivity contribution in [3.63, 3.8) is 0 Å². The van der Waals surface area contributed by atoms with E-state index < -0.39 is 34.7 Å². The summed E-state index contributed by atoms with van der Waals surface area (Å²) in [7, 11) is -3.90. The third-order valence-corrected chi connectivity index (χ3v) is 5.24. The SMILES string of the molecule is O=C(NCC(F)(F)F)[C@H]1CCCN1S(=O)(=O)c1ccccc1. The van der Waals surface area contributed by atoms with E-state index >= 15 is 0 Å². The second-order valence-electron chi connectivity index (χ2n) is 4.92. The maximum atomic E-state index is 12.5. The van der Waals surface area contributed by atoms with Gasteiger partial charge in [-0.2, -0.15) is 17.5 Å². The molecule has 0 aliphatic carbocycles. The number of benzene rings is 1. The Kier molecular flexibility index (Phi) is 4.76. The van der Waals surface area contributed by atoms with Gasteiger partial charge in [-0.05, 0) is 25.0 Å². The molecule has 1 heterocycles. The lowest BCUT2D eigenvalue weighted by Crippen LogP contribution is -2.47. The summed E-state index contributed by atoms with van der Waals surface area (Å²) in [6.45, 7) is -1.36. The average molecular weight is 336 g/mol. The van der Waals surface area contributed by atoms with Crippen LogP contribution >= 0.6 is 0 Å². The predicted molar refractivity (Wildman–Crippen MR) is 72.4 cm³/mol. The Morgan fingerprint density at radius 2 is 1.91 bits per heavy atom. The molecule has 122 valence electrons. The van der Waals surface area contributed by atoms with Crippen LogP contribution in [0.25, 0.3) is 0 Å². The Hall–Kier alpha value is -1.61. The van der Waals surface area contributed by atoms with E-state index in [0.29, 0.717) is 6.42 Å². The number of halogens is 3. The van der Waals surface area contributed by atoms with Crippen LogP contribution in [0.4, 0.5) is 13.2 Å². The third-order valence-electron chi connectivity index (χ3n) is 3.32. The molecule has 5 nitrogen and oxygen atoms in total. The minimum Gasteiger partial charge on any atom is -0.346 e. The van der Waals surface area contributed by atoms with E-state index in [4.69, 9.17) is 0 Å². The zero-order valence-corrected chi connectivity index (χ0v) is 12.3. The summed E-state index contributed by atoms with van der Waals surface area (Å²) in [6, 6.07) is 6.41. The molecule has 0 saturated carbocycles. The van der Waals surface area contributed by atoms with Crippen molar-refractivity contribution in [3.8, 4) is 0 Å². The van der Waals surface area contributed by atoms with Crippen molar-refractivity contribution in [1.82, 2.24) is 9.62 Å². The topological polar surface area (TPSA) is 66.5 Å². The second-order valence-corrected chi connectivity index (χ2v) is 6.81. The summed E-state index contributed by atoms with van der Waals surface area (Å²) in [5, 5.41) is 1.75. The molecule has 2 rings (SSSR count). The Bertz CT molecular complexity index is 632. The molecule has 1 aromatic rings. The summed E-state index contributed by atoms with van der Waals surface area (Å²) < 4.78 is 62.4. The summed E-state index contributed by atoms with van der Waals surface area (Å²) >= 11 is 0. The van der Waals surface area contributed by atoms with E-state index in [1.54, 1.807) is 23.5 Å². The minimum atomic E-state index is -4.53. The van der Waals surface area contributed by atoms with Crippen LogP contribution in [0.15, 0.2) is 35.2 Å². The van der Waals surface area contributed by atoms with Crippen LogP contribution in [-0.2, 0) is 14.8 Å². The summed E-state index contributed by atoms with van der Waals surface area (Å²) in [5.74, 6) is -0.922. The minimum absolute atomic E-state index is 0.0190. The normalized spacial score (nSPS) is 20.0. The number of carbonyl (C=O) groups is 1. The first kappa shape index (κ1) is 16.8. The van der Waals surface area contributed by atoms with E-state index in [0.717, 1.165) is 4.31 Å². The molecule has 1 aliphatic heterocycles. The van der Waals surface area contributed by atoms with Crippen LogP contribution in [0.1, 0.15) is 12.8 Å². The third kappa shape index (κ3) is 3.77. The zero-order chi connectivity index (χ0) is 16.4. The monoisotopic (exact) mass is 336 g/mol. The van der Waals surface area contributed by atoms with Gasteiger partial charge >= 0.3 is 6.18 Å². The number of carbonyl (C=O) groups excluding carboxylic acids is 1. The van der Waals surface area contributed by atoms with Crippen LogP contribution in [0.2, 0.25) is 0 Å². The number of amides is 1. The maximum Gasteiger partial charge on any atom is 0.405 e. The van der Waals surface area contributed by atoms with E-state index in [-0.39, 0.29) is 17.9 Å². The quantitative estimate of drug-likeness (QED) is 0.906. The molecule has 1 aliphatic rings. The maximum absolute atomic E-state index is 12.5. The van der Waals surface area contributed by atoms with Crippen LogP contribution in [-0.4, -0.2) is 43.9 Å². The Morgan fingerprint density at radius 3 is 2.50 bits per heavy atom. The van der Waals surface area contributed by atoms with Gasteiger partial charge in [0.15, 0.2) is 0 Å². The molecule has 0 aromatic heterocycles. The summed E-state index contributed by atoms with van der Waals surface area (Å²) in [5.41, 5.74) is 0. The smallest absolute Gasteiger partial charge is 0.346 e. The standard InChI is InChI=1S/C13H15F3N2O3S/c14-13(15,16)9-17-12(19)11-7-4-8-18(11)22(20,21)10-5-2-1-3-6-10/h1-3,5-6,11H,4,7-9H2,(H,17,19)/t11-/m1/s1. The van der Waals surface area contributed by atoms with Gasteiger partial charge in [-0.1, -0.05) is 18.2 Å². The van der Waals surface area contributed by atoms with Gasteiger partial charge in [0.25, 0.3) is 0 Å². The molecule has 0 spiro atoms. The zero-order valence-electron chi connectivity index (χ0n) is 11.5. The number of nitrogens with zero attached hydrogens (tertiary/aromatic N) is 1. The van der Waals surface area contributed by atoms with Crippen molar-refractivity contribution in [2.24, 2.45) is 0 Å². The van der Waals surface area contributed by atoms with Crippen molar-refractivity contribution >= 4 is 15.9 Å². The molecule has 1 atom stereocenters. The van der Waals surface area contributed by atoms with Gasteiger partial charge in [0.2, 0.25) is 15.9 Å². The lowest BCUT2D eigenvalue weighted by atomic mass is 10.2. The fourth-order valence-electron chi connectivity index (χ4n) is 2.32. The second kappa shape index (κ2) is 6.25. The predicted octanol–water partition coefficient (Wildman–Crippen LogP) is 1.52. The van der Waals surface area contributed by atoms with E-state index in [1.165, 1.54) is 12.1 Å². The van der Waals surface area contributed by atoms with Crippen LogP contribution in [0, 0.1) is 0 Å². The fourth-order valence-corrected chi connectivity index (χ4v) is 4.00. The lowest BCUT2D eigenvalue weighted by molar-refractivity contribution is -0.140. The Morgan fingerprint density at radius 1 is 1.27 bits per heavy atom. The molecule has 22 heavy (non-hydrogen) atoms. The molecule has 1 saturated heterocycles. The summed E-state index contributed by atoms with van der Waals surface area (Å²) in [6.07, 6.45) is -3.90. The number of alkyl halides is 3. The van der Waals surface area contributed by atoms with E-state index in [9.17, 15) is 26.4 Å². The van der Waals surface area contributed by atoms with Crippen LogP contribution < -0.4 is 5.32 Å². The Balaban J connectivity index is 2.15. The van der Waals surface area contributed by atoms with E-state index in [2.05, 4.69) is 0 Å². The highest BCUT2D eigenvalue weighted by Crippen LogP contribution is 2.26.